The monoisotopic (exact) mass is 452 g/mol. The van der Waals surface area contributed by atoms with Gasteiger partial charge in [0.1, 0.15) is 17.3 Å². The number of carbonyl (C=O) groups is 2. The molecule has 0 spiro atoms. The van der Waals surface area contributed by atoms with E-state index in [0.29, 0.717) is 36.6 Å². The molecule has 1 saturated heterocycles. The van der Waals surface area contributed by atoms with Gasteiger partial charge in [0.2, 0.25) is 0 Å². The molecule has 1 amide bonds. The predicted octanol–water partition coefficient (Wildman–Crippen LogP) is 3.78. The van der Waals surface area contributed by atoms with Crippen LogP contribution in [-0.4, -0.2) is 67.5 Å². The number of hydrogen-bond donors (Lipinski definition) is 1. The van der Waals surface area contributed by atoms with Gasteiger partial charge in [-0.2, -0.15) is 0 Å². The Kier molecular flexibility index (Phi) is 7.76. The molecule has 0 unspecified atom stereocenters. The molecule has 1 aliphatic heterocycles. The molecule has 0 aromatic heterocycles. The number of likely N-dealkylation sites (tertiary alicyclic amines) is 1. The molecule has 1 heterocycles. The van der Waals surface area contributed by atoms with Gasteiger partial charge in [-0.3, -0.25) is 9.59 Å². The van der Waals surface area contributed by atoms with Crippen LogP contribution in [0, 0.1) is 6.92 Å². The summed E-state index contributed by atoms with van der Waals surface area (Å²) in [5.41, 5.74) is 2.13. The van der Waals surface area contributed by atoms with Crippen LogP contribution in [0.4, 0.5) is 0 Å². The molecule has 0 bridgehead atoms. The van der Waals surface area contributed by atoms with Crippen LogP contribution >= 0.6 is 0 Å². The second kappa shape index (κ2) is 10.5. The van der Waals surface area contributed by atoms with Gasteiger partial charge in [0.25, 0.3) is 11.7 Å². The molecule has 7 heteroatoms. The molecule has 2 aromatic carbocycles. The average Bonchev–Trinajstić information content (AvgIpc) is 3.04. The fourth-order valence-corrected chi connectivity index (χ4v) is 4.11. The van der Waals surface area contributed by atoms with Crippen molar-refractivity contribution in [2.24, 2.45) is 0 Å². The molecule has 0 aliphatic carbocycles. The van der Waals surface area contributed by atoms with Crippen LogP contribution in [0.1, 0.15) is 36.1 Å². The van der Waals surface area contributed by atoms with E-state index in [0.717, 1.165) is 17.7 Å². The smallest absolute Gasteiger partial charge is 0.295 e. The lowest BCUT2D eigenvalue weighted by Gasteiger charge is -2.26. The van der Waals surface area contributed by atoms with Crippen LogP contribution in [0.15, 0.2) is 48.0 Å². The van der Waals surface area contributed by atoms with Crippen molar-refractivity contribution in [3.8, 4) is 11.5 Å². The number of aliphatic hydroxyl groups excluding tert-OH is 1. The summed E-state index contributed by atoms with van der Waals surface area (Å²) in [7, 11) is 5.50. The molecule has 0 radical (unpaired) electrons. The van der Waals surface area contributed by atoms with Crippen LogP contribution in [-0.2, 0) is 9.59 Å². The van der Waals surface area contributed by atoms with Gasteiger partial charge in [0.05, 0.1) is 25.3 Å². The third kappa shape index (κ3) is 5.20. The minimum Gasteiger partial charge on any atom is -0.507 e. The lowest BCUT2D eigenvalue weighted by Crippen LogP contribution is -2.32. The molecule has 1 N–H and O–H groups in total. The summed E-state index contributed by atoms with van der Waals surface area (Å²) in [4.78, 5) is 29.7. The van der Waals surface area contributed by atoms with Gasteiger partial charge in [0.15, 0.2) is 0 Å². The summed E-state index contributed by atoms with van der Waals surface area (Å²) in [5, 5.41) is 11.2. The number of ether oxygens (including phenoxy) is 2. The predicted molar refractivity (Wildman–Crippen MR) is 128 cm³/mol. The lowest BCUT2D eigenvalue weighted by atomic mass is 9.94. The fourth-order valence-electron chi connectivity index (χ4n) is 4.11. The Morgan fingerprint density at radius 2 is 1.82 bits per heavy atom. The number of amides is 1. The molecule has 176 valence electrons. The largest absolute Gasteiger partial charge is 0.507 e. The maximum Gasteiger partial charge on any atom is 0.295 e. The van der Waals surface area contributed by atoms with E-state index < -0.39 is 17.7 Å². The number of Topliss-reactive ketones (excluding diaryl/α,β-unsaturated/α-hetero) is 1. The van der Waals surface area contributed by atoms with E-state index in [9.17, 15) is 14.7 Å². The van der Waals surface area contributed by atoms with Crippen molar-refractivity contribution in [3.05, 3.63) is 64.7 Å². The first-order valence-corrected chi connectivity index (χ1v) is 11.1. The summed E-state index contributed by atoms with van der Waals surface area (Å²) in [5.74, 6) is -0.0763. The van der Waals surface area contributed by atoms with Crippen LogP contribution in [0.25, 0.3) is 5.76 Å². The third-order valence-electron chi connectivity index (χ3n) is 5.72. The first-order chi connectivity index (χ1) is 15.8. The van der Waals surface area contributed by atoms with Gasteiger partial charge >= 0.3 is 0 Å². The van der Waals surface area contributed by atoms with Crippen LogP contribution in [0.3, 0.4) is 0 Å². The van der Waals surface area contributed by atoms with E-state index in [1.807, 2.05) is 57.1 Å². The molecular weight excluding hydrogens is 420 g/mol. The normalized spacial score (nSPS) is 17.6. The van der Waals surface area contributed by atoms with Crippen molar-refractivity contribution in [3.63, 3.8) is 0 Å². The molecule has 3 rings (SSSR count). The lowest BCUT2D eigenvalue weighted by molar-refractivity contribution is -0.139. The van der Waals surface area contributed by atoms with E-state index in [2.05, 4.69) is 0 Å². The van der Waals surface area contributed by atoms with Crippen molar-refractivity contribution in [2.75, 3.05) is 40.9 Å². The van der Waals surface area contributed by atoms with Crippen molar-refractivity contribution < 1.29 is 24.2 Å². The van der Waals surface area contributed by atoms with Gasteiger partial charge in [0, 0.05) is 12.1 Å². The van der Waals surface area contributed by atoms with Crippen molar-refractivity contribution in [2.45, 2.75) is 26.3 Å². The van der Waals surface area contributed by atoms with Gasteiger partial charge in [-0.05, 0) is 82.4 Å². The Bertz CT molecular complexity index is 1040. The highest BCUT2D eigenvalue weighted by Gasteiger charge is 2.45. The summed E-state index contributed by atoms with van der Waals surface area (Å²) >= 11 is 0. The number of aliphatic hydroxyl groups is 1. The zero-order valence-electron chi connectivity index (χ0n) is 19.9. The Labute approximate surface area is 195 Å². The van der Waals surface area contributed by atoms with Gasteiger partial charge < -0.3 is 24.4 Å². The molecule has 7 nitrogen and oxygen atoms in total. The van der Waals surface area contributed by atoms with E-state index >= 15 is 0 Å². The number of aryl methyl sites for hydroxylation is 1. The summed E-state index contributed by atoms with van der Waals surface area (Å²) in [6.45, 7) is 5.48. The summed E-state index contributed by atoms with van der Waals surface area (Å²) in [6, 6.07) is 11.8. The van der Waals surface area contributed by atoms with E-state index in [-0.39, 0.29) is 11.3 Å². The highest BCUT2D eigenvalue weighted by molar-refractivity contribution is 6.46. The molecule has 1 aliphatic rings. The second-order valence-corrected chi connectivity index (χ2v) is 8.34. The maximum absolute atomic E-state index is 13.1. The standard InChI is InChI=1S/C26H32N2O5/c1-6-33-20-11-8-18(9-12-20)23-22(24(29)19-10-13-21(32-5)17(2)16-19)25(30)26(31)28(23)15-7-14-27(3)4/h8-13,16,23,29H,6-7,14-15H2,1-5H3/b24-22+/t23-/m0/s1. The highest BCUT2D eigenvalue weighted by atomic mass is 16.5. The minimum absolute atomic E-state index is 0.0959. The Morgan fingerprint density at radius 3 is 2.39 bits per heavy atom. The number of benzene rings is 2. The topological polar surface area (TPSA) is 79.3 Å². The quantitative estimate of drug-likeness (QED) is 0.354. The Balaban J connectivity index is 2.08. The van der Waals surface area contributed by atoms with Gasteiger partial charge in [-0.1, -0.05) is 12.1 Å². The van der Waals surface area contributed by atoms with Crippen LogP contribution in [0.2, 0.25) is 0 Å². The van der Waals surface area contributed by atoms with Crippen LogP contribution < -0.4 is 9.47 Å². The summed E-state index contributed by atoms with van der Waals surface area (Å²) < 4.78 is 10.8. The molecule has 1 fully saturated rings. The third-order valence-corrected chi connectivity index (χ3v) is 5.72. The number of nitrogens with zero attached hydrogens (tertiary/aromatic N) is 2. The zero-order valence-corrected chi connectivity index (χ0v) is 19.9. The number of ketones is 1. The van der Waals surface area contributed by atoms with Crippen molar-refractivity contribution in [1.82, 2.24) is 9.80 Å². The van der Waals surface area contributed by atoms with E-state index in [1.54, 1.807) is 30.2 Å². The first-order valence-electron chi connectivity index (χ1n) is 11.1. The number of methoxy groups -OCH3 is 1. The fraction of sp³-hybridized carbons (Fsp3) is 0.385. The van der Waals surface area contributed by atoms with Crippen LogP contribution in [0.5, 0.6) is 11.5 Å². The van der Waals surface area contributed by atoms with E-state index in [4.69, 9.17) is 9.47 Å². The van der Waals surface area contributed by atoms with Crippen molar-refractivity contribution in [1.29, 1.82) is 0 Å². The number of carbonyl (C=O) groups excluding carboxylic acids is 2. The molecule has 1 atom stereocenters. The zero-order chi connectivity index (χ0) is 24.1. The van der Waals surface area contributed by atoms with Crippen molar-refractivity contribution >= 4 is 17.4 Å². The SMILES string of the molecule is CCOc1ccc([C@H]2/C(=C(\O)c3ccc(OC)c(C)c3)C(=O)C(=O)N2CCCN(C)C)cc1. The second-order valence-electron chi connectivity index (χ2n) is 8.34. The number of rotatable bonds is 9. The molecular formula is C26H32N2O5. The first kappa shape index (κ1) is 24.3. The molecule has 0 saturated carbocycles. The average molecular weight is 453 g/mol. The maximum atomic E-state index is 13.1. The number of hydrogen-bond acceptors (Lipinski definition) is 6. The highest BCUT2D eigenvalue weighted by Crippen LogP contribution is 2.40. The molecule has 2 aromatic rings. The van der Waals surface area contributed by atoms with Gasteiger partial charge in [-0.25, -0.2) is 0 Å². The Hall–Kier alpha value is -3.32. The van der Waals surface area contributed by atoms with E-state index in [1.165, 1.54) is 0 Å². The Morgan fingerprint density at radius 1 is 1.12 bits per heavy atom. The molecule has 33 heavy (non-hydrogen) atoms. The minimum atomic E-state index is -0.676. The summed E-state index contributed by atoms with van der Waals surface area (Å²) in [6.07, 6.45) is 0.704. The van der Waals surface area contributed by atoms with Gasteiger partial charge in [-0.15, -0.1) is 0 Å².